The zero-order chi connectivity index (χ0) is 23.5. The normalized spacial score (nSPS) is 17.1. The van der Waals surface area contributed by atoms with E-state index in [0.29, 0.717) is 17.9 Å². The Morgan fingerprint density at radius 1 is 1.12 bits per heavy atom. The van der Waals surface area contributed by atoms with Crippen LogP contribution in [0.5, 0.6) is 11.5 Å². The van der Waals surface area contributed by atoms with E-state index in [2.05, 4.69) is 36.6 Å². The van der Waals surface area contributed by atoms with Gasteiger partial charge in [0.15, 0.2) is 5.78 Å². The van der Waals surface area contributed by atoms with Crippen molar-refractivity contribution < 1.29 is 14.3 Å². The predicted octanol–water partition coefficient (Wildman–Crippen LogP) is 4.64. The monoisotopic (exact) mass is 436 g/mol. The summed E-state index contributed by atoms with van der Waals surface area (Å²) in [6.07, 6.45) is 3.59. The largest absolute Gasteiger partial charge is 0.491 e. The fraction of sp³-hybridized carbons (Fsp3) is 0.444. The van der Waals surface area contributed by atoms with E-state index in [1.807, 2.05) is 64.6 Å². The fourth-order valence-corrected chi connectivity index (χ4v) is 3.81. The lowest BCUT2D eigenvalue weighted by Gasteiger charge is -2.22. The van der Waals surface area contributed by atoms with Crippen LogP contribution in [0, 0.1) is 0 Å². The molecule has 3 rings (SSSR count). The Balaban J connectivity index is 1.94. The Morgan fingerprint density at radius 3 is 2.53 bits per heavy atom. The van der Waals surface area contributed by atoms with Crippen molar-refractivity contribution in [1.29, 1.82) is 0 Å². The molecule has 172 valence electrons. The third kappa shape index (κ3) is 5.40. The molecule has 0 N–H and O–H groups in total. The van der Waals surface area contributed by atoms with E-state index in [9.17, 15) is 4.79 Å². The first kappa shape index (κ1) is 24.0. The number of allylic oxidation sites excluding steroid dienone is 1. The Labute approximate surface area is 192 Å². The van der Waals surface area contributed by atoms with Gasteiger partial charge in [-0.3, -0.25) is 4.79 Å². The third-order valence-electron chi connectivity index (χ3n) is 6.11. The van der Waals surface area contributed by atoms with Crippen LogP contribution in [-0.2, 0) is 12.0 Å². The average molecular weight is 437 g/mol. The Kier molecular flexibility index (Phi) is 7.42. The first-order chi connectivity index (χ1) is 15.1. The third-order valence-corrected chi connectivity index (χ3v) is 6.11. The number of carbonyl (C=O) groups excluding carboxylic acids is 1. The molecule has 0 radical (unpaired) electrons. The molecular formula is C27H36N2O3. The van der Waals surface area contributed by atoms with Gasteiger partial charge >= 0.3 is 0 Å². The van der Waals surface area contributed by atoms with Crippen LogP contribution in [0.2, 0.25) is 0 Å². The molecule has 1 aliphatic rings. The van der Waals surface area contributed by atoms with Gasteiger partial charge in [-0.1, -0.05) is 44.2 Å². The van der Waals surface area contributed by atoms with Crippen molar-refractivity contribution in [1.82, 2.24) is 9.80 Å². The van der Waals surface area contributed by atoms with Crippen LogP contribution < -0.4 is 9.47 Å². The quantitative estimate of drug-likeness (QED) is 0.423. The van der Waals surface area contributed by atoms with Crippen molar-refractivity contribution in [2.75, 3.05) is 41.3 Å². The maximum absolute atomic E-state index is 13.3. The van der Waals surface area contributed by atoms with Crippen LogP contribution >= 0.6 is 0 Å². The summed E-state index contributed by atoms with van der Waals surface area (Å²) in [5.74, 6) is 1.31. The Bertz CT molecular complexity index is 992. The number of rotatable bonds is 9. The van der Waals surface area contributed by atoms with Gasteiger partial charge in [0.1, 0.15) is 24.2 Å². The van der Waals surface area contributed by atoms with Crippen molar-refractivity contribution >= 4 is 11.9 Å². The minimum absolute atomic E-state index is 0.0333. The molecule has 0 aliphatic carbocycles. The van der Waals surface area contributed by atoms with Crippen molar-refractivity contribution in [3.63, 3.8) is 0 Å². The number of fused-ring (bicyclic) bond motifs is 1. The molecule has 1 unspecified atom stereocenters. The second-order valence-electron chi connectivity index (χ2n) is 9.61. The van der Waals surface area contributed by atoms with Crippen LogP contribution in [0.1, 0.15) is 47.8 Å². The lowest BCUT2D eigenvalue weighted by Crippen LogP contribution is -2.29. The molecule has 1 atom stereocenters. The van der Waals surface area contributed by atoms with E-state index >= 15 is 0 Å². The second kappa shape index (κ2) is 9.88. The summed E-state index contributed by atoms with van der Waals surface area (Å²) in [6, 6.07) is 12.0. The van der Waals surface area contributed by atoms with Gasteiger partial charge in [0.2, 0.25) is 0 Å². The molecule has 2 aromatic rings. The number of benzene rings is 2. The van der Waals surface area contributed by atoms with Gasteiger partial charge in [-0.25, -0.2) is 0 Å². The molecule has 1 aliphatic heterocycles. The molecular weight excluding hydrogens is 400 g/mol. The number of hydrogen-bond donors (Lipinski definition) is 0. The number of hydrogen-bond acceptors (Lipinski definition) is 5. The molecule has 0 spiro atoms. The summed E-state index contributed by atoms with van der Waals surface area (Å²) < 4.78 is 12.1. The highest BCUT2D eigenvalue weighted by molar-refractivity contribution is 6.09. The number of ether oxygens (including phenoxy) is 2. The van der Waals surface area contributed by atoms with E-state index in [-0.39, 0.29) is 17.3 Å². The highest BCUT2D eigenvalue weighted by Gasteiger charge is 2.40. The predicted molar refractivity (Wildman–Crippen MR) is 131 cm³/mol. The zero-order valence-corrected chi connectivity index (χ0v) is 20.4. The van der Waals surface area contributed by atoms with Gasteiger partial charge in [0.05, 0.1) is 5.56 Å². The highest BCUT2D eigenvalue weighted by Crippen LogP contribution is 2.45. The molecule has 0 saturated carbocycles. The maximum atomic E-state index is 13.3. The van der Waals surface area contributed by atoms with Gasteiger partial charge in [-0.2, -0.15) is 0 Å². The van der Waals surface area contributed by atoms with Crippen LogP contribution in [0.25, 0.3) is 6.08 Å². The van der Waals surface area contributed by atoms with E-state index < -0.39 is 0 Å². The molecule has 0 aromatic heterocycles. The summed E-state index contributed by atoms with van der Waals surface area (Å²) in [6.45, 7) is 8.45. The molecule has 0 fully saturated rings. The van der Waals surface area contributed by atoms with Crippen molar-refractivity contribution in [2.24, 2.45) is 0 Å². The minimum atomic E-state index is -0.172. The summed E-state index contributed by atoms with van der Waals surface area (Å²) in [5, 5.41) is 0. The highest BCUT2D eigenvalue weighted by atomic mass is 16.5. The van der Waals surface area contributed by atoms with Crippen molar-refractivity contribution in [3.8, 4) is 11.5 Å². The van der Waals surface area contributed by atoms with Gasteiger partial charge in [-0.15, -0.1) is 0 Å². The molecule has 0 bridgehead atoms. The summed E-state index contributed by atoms with van der Waals surface area (Å²) in [5.41, 5.74) is 3.68. The summed E-state index contributed by atoms with van der Waals surface area (Å²) in [7, 11) is 8.08. The topological polar surface area (TPSA) is 42.0 Å². The standard InChI is InChI=1S/C27H36N2O3/c1-19-27(2,3)23-16-22(25(17-26(23)32-19)31-15-14-28(4)5)24(30)13-12-20-10-8-9-11-21(20)18-29(6)7/h8-13,16-17,19H,14-15,18H2,1-7H3. The minimum Gasteiger partial charge on any atom is -0.491 e. The van der Waals surface area contributed by atoms with Crippen LogP contribution in [-0.4, -0.2) is 63.0 Å². The molecule has 0 saturated heterocycles. The van der Waals surface area contributed by atoms with Gasteiger partial charge in [-0.05, 0) is 58.4 Å². The van der Waals surface area contributed by atoms with Gasteiger partial charge < -0.3 is 19.3 Å². The summed E-state index contributed by atoms with van der Waals surface area (Å²) in [4.78, 5) is 17.5. The first-order valence-corrected chi connectivity index (χ1v) is 11.2. The number of likely N-dealkylation sites (N-methyl/N-ethyl adjacent to an activating group) is 1. The molecule has 5 heteroatoms. The van der Waals surface area contributed by atoms with Gasteiger partial charge in [0, 0.05) is 30.1 Å². The average Bonchev–Trinajstić information content (AvgIpc) is 2.93. The van der Waals surface area contributed by atoms with Crippen molar-refractivity contribution in [2.45, 2.75) is 38.8 Å². The SMILES string of the molecule is CC1Oc2cc(OCCN(C)C)c(C(=O)C=Cc3ccccc3CN(C)C)cc2C1(C)C. The Morgan fingerprint density at radius 2 is 1.84 bits per heavy atom. The molecule has 0 amide bonds. The first-order valence-electron chi connectivity index (χ1n) is 11.2. The van der Waals surface area contributed by atoms with E-state index in [0.717, 1.165) is 30.0 Å². The number of nitrogens with zero attached hydrogens (tertiary/aromatic N) is 2. The maximum Gasteiger partial charge on any atom is 0.189 e. The lowest BCUT2D eigenvalue weighted by molar-refractivity contribution is 0.104. The number of ketones is 1. The molecule has 5 nitrogen and oxygen atoms in total. The van der Waals surface area contributed by atoms with Crippen LogP contribution in [0.4, 0.5) is 0 Å². The fourth-order valence-electron chi connectivity index (χ4n) is 3.81. The molecule has 32 heavy (non-hydrogen) atoms. The second-order valence-corrected chi connectivity index (χ2v) is 9.61. The summed E-state index contributed by atoms with van der Waals surface area (Å²) >= 11 is 0. The van der Waals surface area contributed by atoms with E-state index in [4.69, 9.17) is 9.47 Å². The zero-order valence-electron chi connectivity index (χ0n) is 20.4. The molecule has 2 aromatic carbocycles. The lowest BCUT2D eigenvalue weighted by atomic mass is 9.81. The molecule has 1 heterocycles. The van der Waals surface area contributed by atoms with E-state index in [1.54, 1.807) is 6.08 Å². The van der Waals surface area contributed by atoms with Crippen LogP contribution in [0.15, 0.2) is 42.5 Å². The number of carbonyl (C=O) groups is 1. The van der Waals surface area contributed by atoms with Crippen molar-refractivity contribution in [3.05, 3.63) is 64.7 Å². The Hall–Kier alpha value is -2.63. The van der Waals surface area contributed by atoms with Crippen LogP contribution in [0.3, 0.4) is 0 Å². The van der Waals surface area contributed by atoms with E-state index in [1.165, 1.54) is 5.56 Å². The smallest absolute Gasteiger partial charge is 0.189 e. The van der Waals surface area contributed by atoms with Gasteiger partial charge in [0.25, 0.3) is 0 Å².